The van der Waals surface area contributed by atoms with Gasteiger partial charge in [0.15, 0.2) is 0 Å². The smallest absolute Gasteiger partial charge is 0.320 e. The Labute approximate surface area is 62.8 Å². The van der Waals surface area contributed by atoms with Gasteiger partial charge in [-0.15, -0.1) is 0 Å². The highest BCUT2D eigenvalue weighted by Gasteiger charge is 2.08. The van der Waals surface area contributed by atoms with Gasteiger partial charge in [-0.2, -0.15) is 11.8 Å². The molecule has 0 amide bonds. The monoisotopic (exact) mass is 156 g/mol. The van der Waals surface area contributed by atoms with Crippen molar-refractivity contribution in [1.29, 1.82) is 0 Å². The lowest BCUT2D eigenvalue weighted by Crippen LogP contribution is -2.30. The van der Waals surface area contributed by atoms with Gasteiger partial charge in [0.2, 0.25) is 0 Å². The molecule has 4 heteroatoms. The molecule has 0 bridgehead atoms. The fourth-order valence-electron chi connectivity index (χ4n) is 0.213. The van der Waals surface area contributed by atoms with Crippen molar-refractivity contribution in [1.82, 2.24) is 0 Å². The minimum atomic E-state index is -1.92. The van der Waals surface area contributed by atoms with Crippen molar-refractivity contribution < 1.29 is 14.0 Å². The van der Waals surface area contributed by atoms with E-state index in [1.807, 2.05) is 0 Å². The molecular weight excluding hydrogens is 142 g/mol. The summed E-state index contributed by atoms with van der Waals surface area (Å²) < 4.78 is 21.6. The molecule has 3 N–H and O–H groups in total. The van der Waals surface area contributed by atoms with E-state index in [1.54, 1.807) is 0 Å². The van der Waals surface area contributed by atoms with Crippen molar-refractivity contribution in [3.8, 4) is 0 Å². The predicted molar refractivity (Wildman–Crippen MR) is 38.6 cm³/mol. The first-order chi connectivity index (χ1) is 5.33. The van der Waals surface area contributed by atoms with Crippen molar-refractivity contribution in [2.45, 2.75) is 12.4 Å². The lowest BCUT2D eigenvalue weighted by atomic mass is 11.0. The van der Waals surface area contributed by atoms with Crippen LogP contribution in [0.1, 0.15) is 10.5 Å². The summed E-state index contributed by atoms with van der Waals surface area (Å²) in [6.07, 6.45) is 0.0147. The molecule has 2 atom stereocenters. The van der Waals surface area contributed by atoms with Crippen LogP contribution in [0.25, 0.3) is 0 Å². The zero-order valence-electron chi connectivity index (χ0n) is 8.00. The largest absolute Gasteiger partial charge is 0.480 e. The van der Waals surface area contributed by atoms with Gasteiger partial charge in [0, 0.05) is 4.11 Å². The van der Waals surface area contributed by atoms with Gasteiger partial charge in [-0.3, -0.25) is 4.79 Å². The van der Waals surface area contributed by atoms with Gasteiger partial charge in [-0.25, -0.2) is 0 Å². The van der Waals surface area contributed by atoms with Crippen LogP contribution in [-0.4, -0.2) is 29.1 Å². The van der Waals surface area contributed by atoms with E-state index in [0.29, 0.717) is 0 Å². The second kappa shape index (κ2) is 4.64. The van der Waals surface area contributed by atoms with Crippen LogP contribution in [0.2, 0.25) is 0 Å². The van der Waals surface area contributed by atoms with E-state index in [1.165, 1.54) is 6.26 Å². The van der Waals surface area contributed by atoms with Gasteiger partial charge in [0.1, 0.15) is 6.04 Å². The molecule has 0 aromatic heterocycles. The van der Waals surface area contributed by atoms with Crippen LogP contribution in [0.5, 0.6) is 0 Å². The first kappa shape index (κ1) is 4.57. The van der Waals surface area contributed by atoms with Crippen molar-refractivity contribution in [3.63, 3.8) is 0 Å². The fraction of sp³-hybridized carbons (Fsp3) is 0.800. The summed E-state index contributed by atoms with van der Waals surface area (Å²) in [4.78, 5) is 10.3. The zero-order valence-corrected chi connectivity index (χ0v) is 5.81. The quantitative estimate of drug-likeness (QED) is 0.449. The van der Waals surface area contributed by atoms with Crippen LogP contribution in [0.3, 0.4) is 0 Å². The summed E-state index contributed by atoms with van der Waals surface area (Å²) in [5.41, 5.74) is 3.16. The number of nitrogens with two attached hydrogens (primary N) is 1. The minimum Gasteiger partial charge on any atom is -0.480 e. The highest BCUT2D eigenvalue weighted by Crippen LogP contribution is 1.97. The van der Waals surface area contributed by atoms with Crippen LogP contribution in [0, 0.1) is 0 Å². The maximum Gasteiger partial charge on any atom is 0.320 e. The molecule has 0 aliphatic carbocycles. The molecule has 0 aromatic rings. The molecule has 3 nitrogen and oxygen atoms in total. The Balaban J connectivity index is 4.37. The average molecular weight is 156 g/mol. The summed E-state index contributed by atoms with van der Waals surface area (Å²) in [5, 5.41) is 8.39. The fourth-order valence-corrected chi connectivity index (χ4v) is 0.495. The SMILES string of the molecule is [2H][13C@H]([13C@H]([15NH2])[13C](=O)O)[12C]([2H])([2H])SC. The van der Waals surface area contributed by atoms with Gasteiger partial charge in [0.05, 0.1) is 0 Å². The number of carbonyl (C=O) groups is 1. The Kier molecular flexibility index (Phi) is 2.36. The number of hydrogen-bond donors (Lipinski definition) is 2. The molecule has 0 radical (unpaired) electrons. The third kappa shape index (κ3) is 4.29. The van der Waals surface area contributed by atoms with Gasteiger partial charge >= 0.3 is 5.97 Å². The Morgan fingerprint density at radius 2 is 2.67 bits per heavy atom. The van der Waals surface area contributed by atoms with Gasteiger partial charge < -0.3 is 10.8 Å². The molecule has 0 fully saturated rings. The minimum absolute atomic E-state index is 0.783. The molecule has 0 aliphatic rings. The highest BCUT2D eigenvalue weighted by atomic mass is 32.2. The van der Waals surface area contributed by atoms with Gasteiger partial charge in [0.25, 0.3) is 0 Å². The molecule has 0 rings (SSSR count). The zero-order chi connectivity index (χ0) is 9.94. The maximum absolute atomic E-state index is 10.3. The van der Waals surface area contributed by atoms with Crippen LogP contribution in [-0.2, 0) is 4.79 Å². The van der Waals surface area contributed by atoms with Gasteiger partial charge in [-0.1, -0.05) is 0 Å². The van der Waals surface area contributed by atoms with E-state index < -0.39 is 24.1 Å². The topological polar surface area (TPSA) is 63.3 Å². The molecule has 54 valence electrons. The molecule has 0 spiro atoms. The van der Waals surface area contributed by atoms with Crippen LogP contribution in [0.15, 0.2) is 0 Å². The third-order valence-electron chi connectivity index (χ3n) is 0.651. The standard InChI is InChI=1S/C5H11NO2S/c1-9-3-2-4(6)5(7)8/h4H,2-3,6H2,1H3,(H,7,8)/t4-/m0/s1/i2+1D,3+0D2,4+1,5+1,6+1/t2-,4-. The Morgan fingerprint density at radius 1 is 2.11 bits per heavy atom. The predicted octanol–water partition coefficient (Wildman–Crippen LogP) is 0.151. The number of aliphatic carboxylic acids is 1. The summed E-state index contributed by atoms with van der Waals surface area (Å²) in [5.74, 6) is -1.35. The molecule has 0 aliphatic heterocycles. The molecular formula is C5H11NO2S. The summed E-state index contributed by atoms with van der Waals surface area (Å²) >= 11 is 0.783. The van der Waals surface area contributed by atoms with Gasteiger partial charge in [-0.05, 0) is 18.4 Å². The lowest BCUT2D eigenvalue weighted by Gasteiger charge is -2.02. The molecule has 0 saturated heterocycles. The molecule has 0 heterocycles. The van der Waals surface area contributed by atoms with Crippen molar-refractivity contribution >= 4 is 17.7 Å². The summed E-state index contributed by atoms with van der Waals surface area (Å²) in [7, 11) is 0. The average Bonchev–Trinajstić information content (AvgIpc) is 2.01. The molecule has 0 saturated carbocycles. The van der Waals surface area contributed by atoms with E-state index in [9.17, 15) is 4.79 Å². The molecule has 0 aromatic carbocycles. The normalized spacial score (nSPS) is 23.1. The van der Waals surface area contributed by atoms with Crippen molar-refractivity contribution in [2.24, 2.45) is 5.73 Å². The second-order valence-electron chi connectivity index (χ2n) is 1.35. The third-order valence-corrected chi connectivity index (χ3v) is 1.02. The van der Waals surface area contributed by atoms with Crippen molar-refractivity contribution in [2.75, 3.05) is 12.0 Å². The summed E-state index contributed by atoms with van der Waals surface area (Å²) in [6, 6.07) is -1.48. The van der Waals surface area contributed by atoms with E-state index in [0.717, 1.165) is 11.8 Å². The number of carboxylic acid groups (broad SMARTS) is 1. The molecule has 9 heavy (non-hydrogen) atoms. The Hall–Kier alpha value is -0.220. The Bertz CT molecular complexity index is 178. The molecule has 0 unspecified atom stereocenters. The Morgan fingerprint density at radius 3 is 3.00 bits per heavy atom. The van der Waals surface area contributed by atoms with E-state index in [4.69, 9.17) is 15.0 Å². The maximum atomic E-state index is 10.3. The first-order valence-corrected chi connectivity index (χ1v) is 3.51. The lowest BCUT2D eigenvalue weighted by molar-refractivity contribution is -0.138. The second-order valence-corrected chi connectivity index (χ2v) is 2.00. The first-order valence-electron chi connectivity index (χ1n) is 3.86. The van der Waals surface area contributed by atoms with Crippen LogP contribution < -0.4 is 5.73 Å². The van der Waals surface area contributed by atoms with Crippen molar-refractivity contribution in [3.05, 3.63) is 0 Å². The van der Waals surface area contributed by atoms with E-state index in [-0.39, 0.29) is 0 Å². The highest BCUT2D eigenvalue weighted by molar-refractivity contribution is 7.98. The van der Waals surface area contributed by atoms with E-state index in [2.05, 4.69) is 0 Å². The van der Waals surface area contributed by atoms with E-state index >= 15 is 0 Å². The number of hydrogen-bond acceptors (Lipinski definition) is 3. The summed E-state index contributed by atoms with van der Waals surface area (Å²) in [6.45, 7) is 0. The number of rotatable bonds is 4. The van der Waals surface area contributed by atoms with Crippen LogP contribution in [0.4, 0.5) is 0 Å². The van der Waals surface area contributed by atoms with Crippen LogP contribution >= 0.6 is 11.8 Å². The number of thioether (sulfide) groups is 1. The number of carboxylic acids is 1.